The summed E-state index contributed by atoms with van der Waals surface area (Å²) in [7, 11) is 2.35. The van der Waals surface area contributed by atoms with E-state index in [-0.39, 0.29) is 0 Å². The summed E-state index contributed by atoms with van der Waals surface area (Å²) in [5.74, 6) is 0.955. The highest BCUT2D eigenvalue weighted by atomic mass is 15.2. The van der Waals surface area contributed by atoms with Crippen LogP contribution in [0.1, 0.15) is 72.1 Å². The molecule has 0 aromatic carbocycles. The molecule has 114 valence electrons. The fourth-order valence-electron chi connectivity index (χ4n) is 3.82. The summed E-state index contributed by atoms with van der Waals surface area (Å²) in [4.78, 5) is 2.65. The van der Waals surface area contributed by atoms with Crippen molar-refractivity contribution in [1.82, 2.24) is 10.2 Å². The minimum Gasteiger partial charge on any atom is -0.313 e. The van der Waals surface area contributed by atoms with Gasteiger partial charge in [-0.1, -0.05) is 46.5 Å². The lowest BCUT2D eigenvalue weighted by Crippen LogP contribution is -2.49. The highest BCUT2D eigenvalue weighted by Gasteiger charge is 2.25. The Labute approximate surface area is 121 Å². The number of likely N-dealkylation sites (N-methyl/N-ethyl adjacent to an activating group) is 2. The molecular formula is C17H36N2. The van der Waals surface area contributed by atoms with Gasteiger partial charge in [0, 0.05) is 18.6 Å². The van der Waals surface area contributed by atoms with Crippen molar-refractivity contribution in [2.45, 2.75) is 84.2 Å². The Hall–Kier alpha value is -0.0800. The zero-order chi connectivity index (χ0) is 14.1. The average Bonchev–Trinajstić information content (AvgIpc) is 2.41. The van der Waals surface area contributed by atoms with E-state index < -0.39 is 0 Å². The van der Waals surface area contributed by atoms with Crippen LogP contribution < -0.4 is 5.32 Å². The molecule has 2 atom stereocenters. The highest BCUT2D eigenvalue weighted by molar-refractivity contribution is 4.83. The second kappa shape index (κ2) is 9.77. The van der Waals surface area contributed by atoms with Gasteiger partial charge in [-0.2, -0.15) is 0 Å². The quantitative estimate of drug-likeness (QED) is 0.678. The van der Waals surface area contributed by atoms with Crippen LogP contribution in [-0.2, 0) is 0 Å². The third-order valence-corrected chi connectivity index (χ3v) is 4.79. The van der Waals surface area contributed by atoms with Crippen LogP contribution in [0.4, 0.5) is 0 Å². The van der Waals surface area contributed by atoms with Gasteiger partial charge in [0.15, 0.2) is 0 Å². The van der Waals surface area contributed by atoms with Gasteiger partial charge in [0.25, 0.3) is 0 Å². The number of hydrogen-bond acceptors (Lipinski definition) is 2. The lowest BCUT2D eigenvalue weighted by atomic mass is 9.88. The monoisotopic (exact) mass is 268 g/mol. The Balaban J connectivity index is 2.49. The molecule has 2 unspecified atom stereocenters. The standard InChI is InChI=1S/C17H36N2/c1-5-11-16(18-7-3)17(6-2)19(4)14-15-12-9-8-10-13-15/h15-18H,5-14H2,1-4H3. The van der Waals surface area contributed by atoms with Gasteiger partial charge < -0.3 is 10.2 Å². The first-order chi connectivity index (χ1) is 9.22. The maximum Gasteiger partial charge on any atom is 0.0243 e. The summed E-state index contributed by atoms with van der Waals surface area (Å²) >= 11 is 0. The van der Waals surface area contributed by atoms with Crippen LogP contribution in [0.25, 0.3) is 0 Å². The molecule has 2 heteroatoms. The van der Waals surface area contributed by atoms with Crippen LogP contribution in [0.15, 0.2) is 0 Å². The van der Waals surface area contributed by atoms with E-state index in [1.807, 2.05) is 0 Å². The topological polar surface area (TPSA) is 15.3 Å². The van der Waals surface area contributed by atoms with Crippen LogP contribution >= 0.6 is 0 Å². The van der Waals surface area contributed by atoms with Crippen molar-refractivity contribution in [3.05, 3.63) is 0 Å². The second-order valence-corrected chi connectivity index (χ2v) is 6.37. The minimum absolute atomic E-state index is 0.675. The Bertz CT molecular complexity index is 205. The van der Waals surface area contributed by atoms with E-state index in [2.05, 4.69) is 38.0 Å². The first-order valence-corrected chi connectivity index (χ1v) is 8.66. The van der Waals surface area contributed by atoms with Gasteiger partial charge in [-0.05, 0) is 45.2 Å². The van der Waals surface area contributed by atoms with Crippen LogP contribution in [-0.4, -0.2) is 37.1 Å². The van der Waals surface area contributed by atoms with Gasteiger partial charge in [0.05, 0.1) is 0 Å². The molecule has 19 heavy (non-hydrogen) atoms. The van der Waals surface area contributed by atoms with Crippen LogP contribution in [0.3, 0.4) is 0 Å². The van der Waals surface area contributed by atoms with Gasteiger partial charge in [0.1, 0.15) is 0 Å². The SMILES string of the molecule is CCCC(NCC)C(CC)N(C)CC1CCCCC1. The van der Waals surface area contributed by atoms with Gasteiger partial charge in [0.2, 0.25) is 0 Å². The molecule has 1 rings (SSSR count). The largest absolute Gasteiger partial charge is 0.313 e. The van der Waals surface area contributed by atoms with E-state index in [1.54, 1.807) is 0 Å². The second-order valence-electron chi connectivity index (χ2n) is 6.37. The third kappa shape index (κ3) is 5.83. The van der Waals surface area contributed by atoms with E-state index in [4.69, 9.17) is 0 Å². The molecule has 1 saturated carbocycles. The maximum absolute atomic E-state index is 3.71. The Morgan fingerprint density at radius 2 is 1.79 bits per heavy atom. The van der Waals surface area contributed by atoms with Gasteiger partial charge in [-0.3, -0.25) is 0 Å². The van der Waals surface area contributed by atoms with Crippen molar-refractivity contribution in [1.29, 1.82) is 0 Å². The zero-order valence-corrected chi connectivity index (χ0v) is 13.8. The average molecular weight is 268 g/mol. The van der Waals surface area contributed by atoms with E-state index in [0.717, 1.165) is 12.5 Å². The molecule has 0 spiro atoms. The van der Waals surface area contributed by atoms with Gasteiger partial charge >= 0.3 is 0 Å². The molecule has 0 aromatic heterocycles. The molecule has 0 radical (unpaired) electrons. The van der Waals surface area contributed by atoms with Crippen molar-refractivity contribution in [2.75, 3.05) is 20.1 Å². The van der Waals surface area contributed by atoms with Crippen molar-refractivity contribution < 1.29 is 0 Å². The van der Waals surface area contributed by atoms with Crippen molar-refractivity contribution >= 4 is 0 Å². The molecule has 1 aliphatic rings. The summed E-state index contributed by atoms with van der Waals surface area (Å²) in [6, 6.07) is 1.38. The van der Waals surface area contributed by atoms with E-state index >= 15 is 0 Å². The Morgan fingerprint density at radius 3 is 2.32 bits per heavy atom. The number of nitrogens with one attached hydrogen (secondary N) is 1. The van der Waals surface area contributed by atoms with Gasteiger partial charge in [-0.25, -0.2) is 0 Å². The normalized spacial score (nSPS) is 20.7. The lowest BCUT2D eigenvalue weighted by Gasteiger charge is -2.37. The van der Waals surface area contributed by atoms with Crippen molar-refractivity contribution in [3.63, 3.8) is 0 Å². The summed E-state index contributed by atoms with van der Waals surface area (Å²) in [6.07, 6.45) is 11.2. The smallest absolute Gasteiger partial charge is 0.0243 e. The molecule has 0 amide bonds. The van der Waals surface area contributed by atoms with Crippen LogP contribution in [0, 0.1) is 5.92 Å². The van der Waals surface area contributed by atoms with Crippen molar-refractivity contribution in [3.8, 4) is 0 Å². The molecule has 0 aliphatic heterocycles. The third-order valence-electron chi connectivity index (χ3n) is 4.79. The first-order valence-electron chi connectivity index (χ1n) is 8.66. The number of rotatable bonds is 9. The van der Waals surface area contributed by atoms with E-state index in [0.29, 0.717) is 12.1 Å². The fourth-order valence-corrected chi connectivity index (χ4v) is 3.82. The van der Waals surface area contributed by atoms with E-state index in [1.165, 1.54) is 57.9 Å². The first kappa shape index (κ1) is 17.0. The van der Waals surface area contributed by atoms with Crippen LogP contribution in [0.2, 0.25) is 0 Å². The predicted octanol–water partition coefficient (Wildman–Crippen LogP) is 4.06. The lowest BCUT2D eigenvalue weighted by molar-refractivity contribution is 0.143. The summed E-state index contributed by atoms with van der Waals surface area (Å²) in [6.45, 7) is 9.29. The molecular weight excluding hydrogens is 232 g/mol. The molecule has 0 bridgehead atoms. The fraction of sp³-hybridized carbons (Fsp3) is 1.00. The van der Waals surface area contributed by atoms with Crippen LogP contribution in [0.5, 0.6) is 0 Å². The predicted molar refractivity (Wildman–Crippen MR) is 85.7 cm³/mol. The van der Waals surface area contributed by atoms with Gasteiger partial charge in [-0.15, -0.1) is 0 Å². The molecule has 0 saturated heterocycles. The zero-order valence-electron chi connectivity index (χ0n) is 13.8. The molecule has 0 heterocycles. The highest BCUT2D eigenvalue weighted by Crippen LogP contribution is 2.25. The van der Waals surface area contributed by atoms with E-state index in [9.17, 15) is 0 Å². The summed E-state index contributed by atoms with van der Waals surface area (Å²) in [5.41, 5.74) is 0. The number of hydrogen-bond donors (Lipinski definition) is 1. The Morgan fingerprint density at radius 1 is 1.11 bits per heavy atom. The molecule has 0 aromatic rings. The summed E-state index contributed by atoms with van der Waals surface area (Å²) in [5, 5.41) is 3.71. The number of nitrogens with zero attached hydrogens (tertiary/aromatic N) is 1. The maximum atomic E-state index is 3.71. The Kier molecular flexibility index (Phi) is 8.72. The molecule has 1 aliphatic carbocycles. The summed E-state index contributed by atoms with van der Waals surface area (Å²) < 4.78 is 0. The molecule has 1 N–H and O–H groups in total. The molecule has 1 fully saturated rings. The molecule has 2 nitrogen and oxygen atoms in total. The van der Waals surface area contributed by atoms with Crippen molar-refractivity contribution in [2.24, 2.45) is 5.92 Å². The minimum atomic E-state index is 0.675.